The lowest BCUT2D eigenvalue weighted by atomic mass is 10.0. The van der Waals surface area contributed by atoms with Gasteiger partial charge in [-0.1, -0.05) is 55.7 Å². The number of amides is 1. The van der Waals surface area contributed by atoms with Crippen LogP contribution < -0.4 is 0 Å². The average molecular weight is 584 g/mol. The van der Waals surface area contributed by atoms with Gasteiger partial charge in [0.25, 0.3) is 5.91 Å². The van der Waals surface area contributed by atoms with Crippen LogP contribution in [-0.4, -0.2) is 72.0 Å². The minimum Gasteiger partial charge on any atom is -0.480 e. The molecule has 0 aromatic heterocycles. The quantitative estimate of drug-likeness (QED) is 0.188. The van der Waals surface area contributed by atoms with Gasteiger partial charge < -0.3 is 24.6 Å². The maximum Gasteiger partial charge on any atom is 0.336 e. The molecule has 0 heterocycles. The highest BCUT2D eigenvalue weighted by Crippen LogP contribution is 2.16. The highest BCUT2D eigenvalue weighted by molar-refractivity contribution is 5.88. The maximum absolute atomic E-state index is 13.3. The smallest absolute Gasteiger partial charge is 0.336 e. The van der Waals surface area contributed by atoms with Crippen LogP contribution in [0.5, 0.6) is 0 Å². The van der Waals surface area contributed by atoms with Gasteiger partial charge in [0.2, 0.25) is 0 Å². The molecule has 1 amide bonds. The Morgan fingerprint density at radius 1 is 0.690 bits per heavy atom. The highest BCUT2D eigenvalue weighted by Gasteiger charge is 2.37. The SMILES string of the molecule is Cc1ccc(CCCCCCN(C)C(=O)C(OCCCCCc2ccc(C)c(C)c2)C(OCC(=O)O)C(=O)O)cc1C. The first-order valence-corrected chi connectivity index (χ1v) is 15.0. The molecule has 0 aliphatic rings. The summed E-state index contributed by atoms with van der Waals surface area (Å²) in [6.45, 7) is 8.21. The van der Waals surface area contributed by atoms with Gasteiger partial charge in [-0.15, -0.1) is 0 Å². The van der Waals surface area contributed by atoms with E-state index in [1.807, 2.05) is 0 Å². The Balaban J connectivity index is 1.83. The molecule has 0 radical (unpaired) electrons. The van der Waals surface area contributed by atoms with Crippen molar-refractivity contribution in [3.05, 3.63) is 69.8 Å². The molecule has 0 saturated carbocycles. The normalized spacial score (nSPS) is 12.6. The second-order valence-electron chi connectivity index (χ2n) is 11.3. The highest BCUT2D eigenvalue weighted by atomic mass is 16.6. The van der Waals surface area contributed by atoms with E-state index >= 15 is 0 Å². The molecule has 0 spiro atoms. The average Bonchev–Trinajstić information content (AvgIpc) is 2.94. The molecule has 2 unspecified atom stereocenters. The fraction of sp³-hybridized carbons (Fsp3) is 0.559. The fourth-order valence-electron chi connectivity index (χ4n) is 4.83. The van der Waals surface area contributed by atoms with Crippen LogP contribution in [0.2, 0.25) is 0 Å². The summed E-state index contributed by atoms with van der Waals surface area (Å²) in [5.74, 6) is -3.25. The van der Waals surface area contributed by atoms with Crippen LogP contribution in [0, 0.1) is 27.7 Å². The lowest BCUT2D eigenvalue weighted by Gasteiger charge is -2.27. The monoisotopic (exact) mass is 583 g/mol. The number of hydrogen-bond acceptors (Lipinski definition) is 5. The van der Waals surface area contributed by atoms with E-state index in [2.05, 4.69) is 64.1 Å². The Morgan fingerprint density at radius 2 is 1.21 bits per heavy atom. The first-order chi connectivity index (χ1) is 20.0. The van der Waals surface area contributed by atoms with Gasteiger partial charge in [-0.05, 0) is 99.6 Å². The van der Waals surface area contributed by atoms with Crippen molar-refractivity contribution < 1.29 is 34.1 Å². The van der Waals surface area contributed by atoms with Crippen LogP contribution in [0.1, 0.15) is 78.3 Å². The third kappa shape index (κ3) is 12.3. The van der Waals surface area contributed by atoms with Crippen molar-refractivity contribution in [2.24, 2.45) is 0 Å². The number of carbonyl (C=O) groups is 3. The van der Waals surface area contributed by atoms with Crippen LogP contribution in [0.4, 0.5) is 0 Å². The minimum absolute atomic E-state index is 0.176. The Hall–Kier alpha value is -3.23. The third-order valence-electron chi connectivity index (χ3n) is 7.78. The van der Waals surface area contributed by atoms with Gasteiger partial charge in [0.15, 0.2) is 12.2 Å². The summed E-state index contributed by atoms with van der Waals surface area (Å²) in [6.07, 6.45) is 5.03. The number of aliphatic carboxylic acids is 2. The van der Waals surface area contributed by atoms with Crippen LogP contribution in [-0.2, 0) is 36.7 Å². The lowest BCUT2D eigenvalue weighted by molar-refractivity contribution is -0.175. The standard InChI is InChI=1S/C34H49NO7/c1-24-15-17-28(21-26(24)3)13-9-6-7-11-19-35(5)33(38)31(32(34(39)40)42-23-30(36)37)41-20-12-8-10-14-29-18-16-25(2)27(4)22-29/h15-18,21-22,31-32H,6-14,19-20,23H2,1-5H3,(H,36,37)(H,39,40). The van der Waals surface area contributed by atoms with Crippen LogP contribution >= 0.6 is 0 Å². The first kappa shape index (κ1) is 35.0. The zero-order chi connectivity index (χ0) is 31.1. The zero-order valence-corrected chi connectivity index (χ0v) is 26.0. The molecule has 2 aromatic rings. The largest absolute Gasteiger partial charge is 0.480 e. The van der Waals surface area contributed by atoms with Crippen LogP contribution in [0.25, 0.3) is 0 Å². The molecule has 42 heavy (non-hydrogen) atoms. The summed E-state index contributed by atoms with van der Waals surface area (Å²) >= 11 is 0. The van der Waals surface area contributed by atoms with Crippen molar-refractivity contribution >= 4 is 17.8 Å². The van der Waals surface area contributed by atoms with Crippen molar-refractivity contribution in [2.75, 3.05) is 26.8 Å². The molecule has 0 aliphatic heterocycles. The first-order valence-electron chi connectivity index (χ1n) is 15.0. The third-order valence-corrected chi connectivity index (χ3v) is 7.78. The number of likely N-dealkylation sites (N-methyl/N-ethyl adjacent to an activating group) is 1. The maximum atomic E-state index is 13.3. The van der Waals surface area contributed by atoms with Gasteiger partial charge in [-0.25, -0.2) is 9.59 Å². The molecule has 2 N–H and O–H groups in total. The Labute approximate surface area is 251 Å². The molecule has 2 rings (SSSR count). The molecule has 2 atom stereocenters. The predicted octanol–water partition coefficient (Wildman–Crippen LogP) is 5.83. The number of rotatable bonds is 20. The molecule has 0 aliphatic carbocycles. The fourth-order valence-corrected chi connectivity index (χ4v) is 4.83. The molecule has 0 saturated heterocycles. The van der Waals surface area contributed by atoms with Gasteiger partial charge in [-0.3, -0.25) is 4.79 Å². The van der Waals surface area contributed by atoms with Gasteiger partial charge in [-0.2, -0.15) is 0 Å². The summed E-state index contributed by atoms with van der Waals surface area (Å²) in [4.78, 5) is 37.7. The number of carbonyl (C=O) groups excluding carboxylic acids is 1. The molecule has 2 aromatic carbocycles. The second-order valence-corrected chi connectivity index (χ2v) is 11.3. The molecular weight excluding hydrogens is 534 g/mol. The van der Waals surface area contributed by atoms with E-state index < -0.39 is 36.7 Å². The number of benzene rings is 2. The number of nitrogens with zero attached hydrogens (tertiary/aromatic N) is 1. The van der Waals surface area contributed by atoms with Gasteiger partial charge in [0.05, 0.1) is 0 Å². The van der Waals surface area contributed by atoms with Crippen molar-refractivity contribution in [3.8, 4) is 0 Å². The Morgan fingerprint density at radius 3 is 1.71 bits per heavy atom. The lowest BCUT2D eigenvalue weighted by Crippen LogP contribution is -2.50. The second kappa shape index (κ2) is 18.3. The van der Waals surface area contributed by atoms with E-state index in [0.717, 1.165) is 51.4 Å². The molecule has 232 valence electrons. The number of carboxylic acids is 2. The van der Waals surface area contributed by atoms with Crippen molar-refractivity contribution in [1.82, 2.24) is 4.90 Å². The summed E-state index contributed by atoms with van der Waals surface area (Å²) in [7, 11) is 1.62. The zero-order valence-electron chi connectivity index (χ0n) is 26.0. The summed E-state index contributed by atoms with van der Waals surface area (Å²) in [5, 5.41) is 18.7. The number of hydrogen-bond donors (Lipinski definition) is 2. The Bertz CT molecular complexity index is 1160. The predicted molar refractivity (Wildman–Crippen MR) is 164 cm³/mol. The van der Waals surface area contributed by atoms with Crippen LogP contribution in [0.3, 0.4) is 0 Å². The molecule has 8 nitrogen and oxygen atoms in total. The summed E-state index contributed by atoms with van der Waals surface area (Å²) in [6, 6.07) is 13.0. The minimum atomic E-state index is -1.70. The van der Waals surface area contributed by atoms with E-state index in [1.165, 1.54) is 38.3 Å². The number of carboxylic acid groups (broad SMARTS) is 2. The molecular formula is C34H49NO7. The van der Waals surface area contributed by atoms with E-state index in [1.54, 1.807) is 7.05 Å². The van der Waals surface area contributed by atoms with Crippen molar-refractivity contribution in [1.29, 1.82) is 0 Å². The van der Waals surface area contributed by atoms with E-state index in [0.29, 0.717) is 13.0 Å². The van der Waals surface area contributed by atoms with E-state index in [4.69, 9.17) is 14.6 Å². The van der Waals surface area contributed by atoms with Crippen molar-refractivity contribution in [3.63, 3.8) is 0 Å². The van der Waals surface area contributed by atoms with Gasteiger partial charge in [0, 0.05) is 20.2 Å². The molecule has 8 heteroatoms. The van der Waals surface area contributed by atoms with Gasteiger partial charge >= 0.3 is 11.9 Å². The molecule has 0 bridgehead atoms. The van der Waals surface area contributed by atoms with Crippen molar-refractivity contribution in [2.45, 2.75) is 97.7 Å². The van der Waals surface area contributed by atoms with Gasteiger partial charge in [0.1, 0.15) is 6.61 Å². The topological polar surface area (TPSA) is 113 Å². The molecule has 0 fully saturated rings. The number of unbranched alkanes of at least 4 members (excludes halogenated alkanes) is 5. The van der Waals surface area contributed by atoms with E-state index in [-0.39, 0.29) is 6.61 Å². The summed E-state index contributed by atoms with van der Waals surface area (Å²) < 4.78 is 10.9. The van der Waals surface area contributed by atoms with Crippen LogP contribution in [0.15, 0.2) is 36.4 Å². The summed E-state index contributed by atoms with van der Waals surface area (Å²) in [5.41, 5.74) is 7.72. The number of aryl methyl sites for hydroxylation is 6. The number of ether oxygens (including phenoxy) is 2. The Kier molecular flexibility index (Phi) is 15.3. The van der Waals surface area contributed by atoms with E-state index in [9.17, 15) is 19.5 Å².